The number of hydrogen-bond acceptors (Lipinski definition) is 3. The summed E-state index contributed by atoms with van der Waals surface area (Å²) in [5.41, 5.74) is 2.66. The van der Waals surface area contributed by atoms with Gasteiger partial charge in [0.25, 0.3) is 5.56 Å². The number of amides is 1. The van der Waals surface area contributed by atoms with Gasteiger partial charge in [0, 0.05) is 12.1 Å². The SMILES string of the molecule is Cc1nc2c(c(=O)n1CC(=O)NCc1ccccc1)CCC2. The zero-order chi connectivity index (χ0) is 15.5. The molecule has 0 saturated carbocycles. The molecule has 0 saturated heterocycles. The van der Waals surface area contributed by atoms with Crippen LogP contribution in [0, 0.1) is 6.92 Å². The van der Waals surface area contributed by atoms with Crippen molar-refractivity contribution in [3.8, 4) is 0 Å². The van der Waals surface area contributed by atoms with Gasteiger partial charge in [-0.15, -0.1) is 0 Å². The first-order chi connectivity index (χ1) is 10.6. The lowest BCUT2D eigenvalue weighted by atomic mass is 10.2. The second kappa shape index (κ2) is 6.13. The van der Waals surface area contributed by atoms with Crippen LogP contribution < -0.4 is 10.9 Å². The molecule has 0 fully saturated rings. The Labute approximate surface area is 129 Å². The number of aromatic nitrogens is 2. The summed E-state index contributed by atoms with van der Waals surface area (Å²) in [5.74, 6) is 0.439. The monoisotopic (exact) mass is 297 g/mol. The first-order valence-electron chi connectivity index (χ1n) is 7.55. The van der Waals surface area contributed by atoms with Crippen molar-refractivity contribution in [2.75, 3.05) is 0 Å². The van der Waals surface area contributed by atoms with E-state index in [2.05, 4.69) is 10.3 Å². The summed E-state index contributed by atoms with van der Waals surface area (Å²) in [6.45, 7) is 2.27. The predicted molar refractivity (Wildman–Crippen MR) is 83.5 cm³/mol. The summed E-state index contributed by atoms with van der Waals surface area (Å²) >= 11 is 0. The van der Waals surface area contributed by atoms with Crippen molar-refractivity contribution in [3.63, 3.8) is 0 Å². The van der Waals surface area contributed by atoms with Crippen LogP contribution in [0.1, 0.15) is 29.1 Å². The van der Waals surface area contributed by atoms with Crippen LogP contribution >= 0.6 is 0 Å². The van der Waals surface area contributed by atoms with Crippen molar-refractivity contribution in [3.05, 3.63) is 63.3 Å². The van der Waals surface area contributed by atoms with Crippen molar-refractivity contribution in [2.45, 2.75) is 39.3 Å². The van der Waals surface area contributed by atoms with E-state index in [-0.39, 0.29) is 18.0 Å². The van der Waals surface area contributed by atoms with Gasteiger partial charge in [-0.3, -0.25) is 14.2 Å². The minimum Gasteiger partial charge on any atom is -0.350 e. The Hall–Kier alpha value is -2.43. The number of rotatable bonds is 4. The lowest BCUT2D eigenvalue weighted by Crippen LogP contribution is -2.35. The van der Waals surface area contributed by atoms with Crippen LogP contribution in [0.25, 0.3) is 0 Å². The van der Waals surface area contributed by atoms with Crippen molar-refractivity contribution in [1.82, 2.24) is 14.9 Å². The average molecular weight is 297 g/mol. The highest BCUT2D eigenvalue weighted by atomic mass is 16.2. The Morgan fingerprint density at radius 2 is 2.05 bits per heavy atom. The van der Waals surface area contributed by atoms with Crippen molar-refractivity contribution < 1.29 is 4.79 Å². The number of fused-ring (bicyclic) bond motifs is 1. The summed E-state index contributed by atoms with van der Waals surface area (Å²) in [4.78, 5) is 29.0. The van der Waals surface area contributed by atoms with Crippen LogP contribution in [0.15, 0.2) is 35.1 Å². The first kappa shape index (κ1) is 14.5. The number of nitrogens with one attached hydrogen (secondary N) is 1. The number of nitrogens with zero attached hydrogens (tertiary/aromatic N) is 2. The zero-order valence-electron chi connectivity index (χ0n) is 12.6. The van der Waals surface area contributed by atoms with Gasteiger partial charge < -0.3 is 5.32 Å². The van der Waals surface area contributed by atoms with Crippen LogP contribution in [-0.2, 0) is 30.7 Å². The minimum atomic E-state index is -0.172. The summed E-state index contributed by atoms with van der Waals surface area (Å²) in [5, 5.41) is 2.84. The van der Waals surface area contributed by atoms with E-state index in [1.54, 1.807) is 6.92 Å². The third-order valence-corrected chi connectivity index (χ3v) is 4.01. The molecular weight excluding hydrogens is 278 g/mol. The maximum atomic E-state index is 12.4. The fourth-order valence-corrected chi connectivity index (χ4v) is 2.83. The zero-order valence-corrected chi connectivity index (χ0v) is 12.6. The Morgan fingerprint density at radius 1 is 1.27 bits per heavy atom. The number of carbonyl (C=O) groups is 1. The van der Waals surface area contributed by atoms with Gasteiger partial charge in [0.05, 0.1) is 5.69 Å². The van der Waals surface area contributed by atoms with E-state index in [0.717, 1.165) is 36.1 Å². The summed E-state index contributed by atoms with van der Waals surface area (Å²) in [7, 11) is 0. The quantitative estimate of drug-likeness (QED) is 0.926. The van der Waals surface area contributed by atoms with Crippen LogP contribution in [-0.4, -0.2) is 15.5 Å². The molecule has 22 heavy (non-hydrogen) atoms. The standard InChI is InChI=1S/C17H19N3O2/c1-12-19-15-9-5-8-14(15)17(22)20(12)11-16(21)18-10-13-6-3-2-4-7-13/h2-4,6-7H,5,8-11H2,1H3,(H,18,21). The molecule has 1 heterocycles. The second-order valence-corrected chi connectivity index (χ2v) is 5.59. The molecule has 114 valence electrons. The Kier molecular flexibility index (Phi) is 4.04. The maximum Gasteiger partial charge on any atom is 0.257 e. The Morgan fingerprint density at radius 3 is 2.82 bits per heavy atom. The molecule has 5 heteroatoms. The van der Waals surface area contributed by atoms with Gasteiger partial charge in [-0.2, -0.15) is 0 Å². The fraction of sp³-hybridized carbons (Fsp3) is 0.353. The summed E-state index contributed by atoms with van der Waals surface area (Å²) in [6.07, 6.45) is 2.61. The molecule has 0 bridgehead atoms. The van der Waals surface area contributed by atoms with Crippen LogP contribution in [0.4, 0.5) is 0 Å². The molecule has 1 aromatic heterocycles. The van der Waals surface area contributed by atoms with E-state index in [4.69, 9.17) is 0 Å². The molecule has 1 N–H and O–H groups in total. The molecule has 0 spiro atoms. The van der Waals surface area contributed by atoms with E-state index in [9.17, 15) is 9.59 Å². The molecule has 1 aromatic carbocycles. The molecular formula is C17H19N3O2. The topological polar surface area (TPSA) is 64.0 Å². The molecule has 1 aliphatic rings. The number of hydrogen-bond donors (Lipinski definition) is 1. The smallest absolute Gasteiger partial charge is 0.257 e. The van der Waals surface area contributed by atoms with Gasteiger partial charge in [0.1, 0.15) is 12.4 Å². The largest absolute Gasteiger partial charge is 0.350 e. The molecule has 0 aliphatic heterocycles. The highest BCUT2D eigenvalue weighted by Crippen LogP contribution is 2.16. The van der Waals surface area contributed by atoms with Gasteiger partial charge in [-0.05, 0) is 31.7 Å². The average Bonchev–Trinajstić information content (AvgIpc) is 2.99. The van der Waals surface area contributed by atoms with Crippen molar-refractivity contribution >= 4 is 5.91 Å². The van der Waals surface area contributed by atoms with Gasteiger partial charge in [0.15, 0.2) is 0 Å². The highest BCUT2D eigenvalue weighted by Gasteiger charge is 2.20. The van der Waals surface area contributed by atoms with Gasteiger partial charge in [0.2, 0.25) is 5.91 Å². The molecule has 5 nitrogen and oxygen atoms in total. The van der Waals surface area contributed by atoms with E-state index < -0.39 is 0 Å². The third kappa shape index (κ3) is 2.93. The lowest BCUT2D eigenvalue weighted by molar-refractivity contribution is -0.121. The number of carbonyl (C=O) groups excluding carboxylic acids is 1. The normalized spacial score (nSPS) is 13.0. The van der Waals surface area contributed by atoms with E-state index >= 15 is 0 Å². The Balaban J connectivity index is 1.71. The molecule has 3 rings (SSSR count). The van der Waals surface area contributed by atoms with Crippen LogP contribution in [0.5, 0.6) is 0 Å². The highest BCUT2D eigenvalue weighted by molar-refractivity contribution is 5.75. The Bertz CT molecular complexity index is 750. The molecule has 1 amide bonds. The van der Waals surface area contributed by atoms with E-state index in [1.807, 2.05) is 30.3 Å². The van der Waals surface area contributed by atoms with Gasteiger partial charge in [-0.1, -0.05) is 30.3 Å². The molecule has 0 unspecified atom stereocenters. The minimum absolute atomic E-state index is 0.0256. The van der Waals surface area contributed by atoms with Crippen molar-refractivity contribution in [2.24, 2.45) is 0 Å². The van der Waals surface area contributed by atoms with Gasteiger partial charge in [-0.25, -0.2) is 4.98 Å². The van der Waals surface area contributed by atoms with Gasteiger partial charge >= 0.3 is 0 Å². The first-order valence-corrected chi connectivity index (χ1v) is 7.55. The molecule has 2 aromatic rings. The summed E-state index contributed by atoms with van der Waals surface area (Å²) < 4.78 is 1.48. The summed E-state index contributed by atoms with van der Waals surface area (Å²) in [6, 6.07) is 9.70. The lowest BCUT2D eigenvalue weighted by Gasteiger charge is -2.12. The van der Waals surface area contributed by atoms with E-state index in [1.165, 1.54) is 4.57 Å². The van der Waals surface area contributed by atoms with Crippen LogP contribution in [0.2, 0.25) is 0 Å². The molecule has 0 atom stereocenters. The van der Waals surface area contributed by atoms with E-state index in [0.29, 0.717) is 12.4 Å². The third-order valence-electron chi connectivity index (χ3n) is 4.01. The fourth-order valence-electron chi connectivity index (χ4n) is 2.83. The van der Waals surface area contributed by atoms with Crippen molar-refractivity contribution in [1.29, 1.82) is 0 Å². The predicted octanol–water partition coefficient (Wildman–Crippen LogP) is 1.36. The number of benzene rings is 1. The van der Waals surface area contributed by atoms with Crippen LogP contribution in [0.3, 0.4) is 0 Å². The second-order valence-electron chi connectivity index (χ2n) is 5.59. The molecule has 1 aliphatic carbocycles. The maximum absolute atomic E-state index is 12.4. The number of aryl methyl sites for hydroxylation is 2. The molecule has 0 radical (unpaired) electrons.